The van der Waals surface area contributed by atoms with Crippen molar-refractivity contribution in [1.29, 1.82) is 0 Å². The van der Waals surface area contributed by atoms with Gasteiger partial charge >= 0.3 is 5.97 Å². The van der Waals surface area contributed by atoms with Crippen molar-refractivity contribution in [3.05, 3.63) is 0 Å². The molecule has 2 N–H and O–H groups in total. The Morgan fingerprint density at radius 2 is 1.83 bits per heavy atom. The molecule has 2 atom stereocenters. The van der Waals surface area contributed by atoms with Gasteiger partial charge in [-0.25, -0.2) is 0 Å². The lowest BCUT2D eigenvalue weighted by molar-refractivity contribution is -0.140. The lowest BCUT2D eigenvalue weighted by Crippen LogP contribution is -2.39. The smallest absolute Gasteiger partial charge is 0.319 e. The highest BCUT2D eigenvalue weighted by atomic mass is 31.2. The van der Waals surface area contributed by atoms with Gasteiger partial charge in [0.1, 0.15) is 5.16 Å². The van der Waals surface area contributed by atoms with Crippen molar-refractivity contribution in [2.45, 2.75) is 70.1 Å². The summed E-state index contributed by atoms with van der Waals surface area (Å²) in [4.78, 5) is 21.7. The molecule has 0 radical (unpaired) electrons. The van der Waals surface area contributed by atoms with Gasteiger partial charge in [-0.3, -0.25) is 9.36 Å². The largest absolute Gasteiger partial charge is 0.480 e. The van der Waals surface area contributed by atoms with E-state index in [9.17, 15) is 19.4 Å². The fourth-order valence-electron chi connectivity index (χ4n) is 2.88. The maximum Gasteiger partial charge on any atom is 0.319 e. The molecule has 5 heteroatoms. The number of hydrogen-bond acceptors (Lipinski definition) is 2. The van der Waals surface area contributed by atoms with Crippen LogP contribution in [0.5, 0.6) is 0 Å². The minimum atomic E-state index is -3.71. The molecular formula is C13H25O4P. The van der Waals surface area contributed by atoms with Gasteiger partial charge in [0.25, 0.3) is 0 Å². The minimum Gasteiger partial charge on any atom is -0.480 e. The normalized spacial score (nSPS) is 24.5. The topological polar surface area (TPSA) is 74.6 Å². The van der Waals surface area contributed by atoms with Crippen LogP contribution in [0.4, 0.5) is 0 Å². The van der Waals surface area contributed by atoms with Gasteiger partial charge in [0.2, 0.25) is 7.37 Å². The number of hydrogen-bond donors (Lipinski definition) is 2. The maximum absolute atomic E-state index is 12.4. The first-order valence-corrected chi connectivity index (χ1v) is 8.50. The van der Waals surface area contributed by atoms with Crippen LogP contribution < -0.4 is 0 Å². The molecule has 0 bridgehead atoms. The zero-order valence-electron chi connectivity index (χ0n) is 11.6. The fraction of sp³-hybridized carbons (Fsp3) is 0.923. The molecule has 0 amide bonds. The highest BCUT2D eigenvalue weighted by Crippen LogP contribution is 2.61. The van der Waals surface area contributed by atoms with Crippen LogP contribution in [0.3, 0.4) is 0 Å². The molecule has 0 aromatic heterocycles. The molecule has 18 heavy (non-hydrogen) atoms. The Morgan fingerprint density at radius 1 is 1.33 bits per heavy atom. The molecule has 1 rings (SSSR count). The van der Waals surface area contributed by atoms with Gasteiger partial charge in [0, 0.05) is 5.66 Å². The zero-order valence-corrected chi connectivity index (χ0v) is 12.4. The van der Waals surface area contributed by atoms with Gasteiger partial charge in [0.15, 0.2) is 0 Å². The minimum absolute atomic E-state index is 0.277. The van der Waals surface area contributed by atoms with Gasteiger partial charge in [-0.05, 0) is 19.3 Å². The van der Waals surface area contributed by atoms with Crippen LogP contribution in [0, 0.1) is 5.92 Å². The quantitative estimate of drug-likeness (QED) is 0.754. The average molecular weight is 276 g/mol. The van der Waals surface area contributed by atoms with Gasteiger partial charge in [-0.2, -0.15) is 0 Å². The molecule has 1 saturated carbocycles. The van der Waals surface area contributed by atoms with E-state index in [0.29, 0.717) is 6.42 Å². The lowest BCUT2D eigenvalue weighted by Gasteiger charge is -2.36. The second-order valence-electron chi connectivity index (χ2n) is 6.00. The van der Waals surface area contributed by atoms with Crippen molar-refractivity contribution in [2.75, 3.05) is 0 Å². The summed E-state index contributed by atoms with van der Waals surface area (Å²) in [6, 6.07) is 0. The van der Waals surface area contributed by atoms with E-state index >= 15 is 0 Å². The summed E-state index contributed by atoms with van der Waals surface area (Å²) in [5, 5.41) is 7.92. The standard InChI is InChI=1S/C13H25O4P/c1-10(2)18(16,17)13(3,12(14)15)9-11-7-5-4-6-8-11/h10-11H,4-9H2,1-3H3,(H,14,15)(H,16,17). The van der Waals surface area contributed by atoms with Crippen LogP contribution in [0.1, 0.15) is 59.3 Å². The molecule has 2 unspecified atom stereocenters. The van der Waals surface area contributed by atoms with E-state index in [1.54, 1.807) is 13.8 Å². The van der Waals surface area contributed by atoms with Crippen molar-refractivity contribution in [1.82, 2.24) is 0 Å². The predicted octanol–water partition coefficient (Wildman–Crippen LogP) is 3.48. The molecule has 0 aromatic rings. The maximum atomic E-state index is 12.4. The molecule has 106 valence electrons. The Hall–Kier alpha value is -0.340. The van der Waals surface area contributed by atoms with Crippen molar-refractivity contribution < 1.29 is 19.4 Å². The van der Waals surface area contributed by atoms with Crippen LogP contribution in [0.15, 0.2) is 0 Å². The van der Waals surface area contributed by atoms with Crippen molar-refractivity contribution in [2.24, 2.45) is 5.92 Å². The number of aliphatic carboxylic acids is 1. The third kappa shape index (κ3) is 2.97. The van der Waals surface area contributed by atoms with Crippen LogP contribution in [0.25, 0.3) is 0 Å². The number of carboxylic acid groups (broad SMARTS) is 1. The van der Waals surface area contributed by atoms with E-state index in [0.717, 1.165) is 25.7 Å². The number of rotatable bonds is 5. The number of carboxylic acids is 1. The van der Waals surface area contributed by atoms with Crippen molar-refractivity contribution >= 4 is 13.3 Å². The Kier molecular flexibility index (Phi) is 5.02. The molecule has 0 spiro atoms. The van der Waals surface area contributed by atoms with Crippen molar-refractivity contribution in [3.8, 4) is 0 Å². The highest BCUT2D eigenvalue weighted by Gasteiger charge is 2.52. The molecule has 0 heterocycles. The van der Waals surface area contributed by atoms with E-state index < -0.39 is 24.2 Å². The first-order chi connectivity index (χ1) is 8.22. The molecular weight excluding hydrogens is 251 g/mol. The average Bonchev–Trinajstić information content (AvgIpc) is 2.29. The first-order valence-electron chi connectivity index (χ1n) is 6.78. The fourth-order valence-corrected chi connectivity index (χ4v) is 4.81. The van der Waals surface area contributed by atoms with Gasteiger partial charge in [0.05, 0.1) is 0 Å². The SMILES string of the molecule is CC(C)P(=O)(O)C(C)(CC1CCCCC1)C(=O)O. The van der Waals surface area contributed by atoms with Crippen LogP contribution in [0.2, 0.25) is 0 Å². The van der Waals surface area contributed by atoms with E-state index in [1.807, 2.05) is 0 Å². The van der Waals surface area contributed by atoms with Crippen LogP contribution in [-0.4, -0.2) is 26.8 Å². The molecule has 0 saturated heterocycles. The third-order valence-corrected chi connectivity index (χ3v) is 7.47. The second-order valence-corrected chi connectivity index (χ2v) is 9.27. The first kappa shape index (κ1) is 15.7. The molecule has 4 nitrogen and oxygen atoms in total. The highest BCUT2D eigenvalue weighted by molar-refractivity contribution is 7.61. The summed E-state index contributed by atoms with van der Waals surface area (Å²) in [6.45, 7) is 4.70. The van der Waals surface area contributed by atoms with Crippen molar-refractivity contribution in [3.63, 3.8) is 0 Å². The summed E-state index contributed by atoms with van der Waals surface area (Å²) >= 11 is 0. The predicted molar refractivity (Wildman–Crippen MR) is 72.2 cm³/mol. The lowest BCUT2D eigenvalue weighted by atomic mass is 9.83. The van der Waals surface area contributed by atoms with E-state index in [1.165, 1.54) is 13.3 Å². The van der Waals surface area contributed by atoms with Gasteiger partial charge < -0.3 is 10.00 Å². The molecule has 1 aliphatic carbocycles. The van der Waals surface area contributed by atoms with E-state index in [2.05, 4.69) is 0 Å². The van der Waals surface area contributed by atoms with Crippen LogP contribution >= 0.6 is 7.37 Å². The third-order valence-electron chi connectivity index (χ3n) is 4.28. The van der Waals surface area contributed by atoms with E-state index in [4.69, 9.17) is 0 Å². The Bertz CT molecular complexity index is 347. The molecule has 1 aliphatic rings. The summed E-state index contributed by atoms with van der Waals surface area (Å²) in [6.07, 6.45) is 5.72. The Balaban J connectivity index is 2.93. The molecule has 0 aliphatic heterocycles. The van der Waals surface area contributed by atoms with E-state index in [-0.39, 0.29) is 5.92 Å². The summed E-state index contributed by atoms with van der Waals surface area (Å²) in [7, 11) is -3.71. The summed E-state index contributed by atoms with van der Waals surface area (Å²) in [5.41, 5.74) is -0.512. The Labute approximate surface area is 109 Å². The Morgan fingerprint density at radius 3 is 2.22 bits per heavy atom. The van der Waals surface area contributed by atoms with Gasteiger partial charge in [-0.15, -0.1) is 0 Å². The molecule has 0 aromatic carbocycles. The van der Waals surface area contributed by atoms with Gasteiger partial charge in [-0.1, -0.05) is 46.0 Å². The summed E-state index contributed by atoms with van der Waals surface area (Å²) < 4.78 is 12.4. The summed E-state index contributed by atoms with van der Waals surface area (Å²) in [5.74, 6) is -0.855. The van der Waals surface area contributed by atoms with Crippen LogP contribution in [-0.2, 0) is 9.36 Å². The zero-order chi connectivity index (χ0) is 14.0. The number of carbonyl (C=O) groups is 1. The second kappa shape index (κ2) is 5.75. The molecule has 1 fully saturated rings. The monoisotopic (exact) mass is 276 g/mol.